The maximum atomic E-state index is 14.4. The smallest absolute Gasteiger partial charge is 0.227 e. The number of amides is 1. The summed E-state index contributed by atoms with van der Waals surface area (Å²) in [7, 11) is 0. The summed E-state index contributed by atoms with van der Waals surface area (Å²) in [5.74, 6) is 2.51. The maximum Gasteiger partial charge on any atom is 0.227 e. The number of halogens is 2. The van der Waals surface area contributed by atoms with E-state index >= 15 is 0 Å². The van der Waals surface area contributed by atoms with Gasteiger partial charge in [-0.15, -0.1) is 0 Å². The van der Waals surface area contributed by atoms with Crippen molar-refractivity contribution in [2.24, 2.45) is 29.6 Å². The first-order chi connectivity index (χ1) is 19.8. The van der Waals surface area contributed by atoms with Gasteiger partial charge in [-0.1, -0.05) is 55.5 Å². The third kappa shape index (κ3) is 5.90. The average molecular weight is 641 g/mol. The topological polar surface area (TPSA) is 79.9 Å². The first kappa shape index (κ1) is 30.7. The molecule has 4 N–H and O–H groups in total. The normalized spacial score (nSPS) is 46.1. The van der Waals surface area contributed by atoms with Gasteiger partial charge in [0.05, 0.1) is 24.2 Å². The highest BCUT2D eigenvalue weighted by atomic mass is 79.9. The highest BCUT2D eigenvalue weighted by Gasteiger charge is 2.55. The lowest BCUT2D eigenvalue weighted by molar-refractivity contribution is -0.145. The number of piperidine rings is 1. The Morgan fingerprint density at radius 2 is 1.88 bits per heavy atom. The van der Waals surface area contributed by atoms with Crippen LogP contribution in [0.4, 0.5) is 4.39 Å². The fourth-order valence-corrected chi connectivity index (χ4v) is 10.9. The van der Waals surface area contributed by atoms with Crippen LogP contribution in [-0.4, -0.2) is 81.1 Å². The van der Waals surface area contributed by atoms with E-state index in [1.807, 2.05) is 0 Å². The van der Waals surface area contributed by atoms with Crippen molar-refractivity contribution in [1.29, 1.82) is 0 Å². The van der Waals surface area contributed by atoms with Crippen LogP contribution in [0.2, 0.25) is 0 Å². The Labute approximate surface area is 255 Å². The summed E-state index contributed by atoms with van der Waals surface area (Å²) >= 11 is 3.90. The predicted molar refractivity (Wildman–Crippen MR) is 164 cm³/mol. The molecule has 3 saturated carbocycles. The van der Waals surface area contributed by atoms with Crippen molar-refractivity contribution in [2.45, 2.75) is 158 Å². The molecule has 13 unspecified atom stereocenters. The molecule has 1 amide bonds. The van der Waals surface area contributed by atoms with Crippen molar-refractivity contribution in [2.75, 3.05) is 6.54 Å². The Morgan fingerprint density at radius 1 is 1.07 bits per heavy atom. The van der Waals surface area contributed by atoms with E-state index in [0.29, 0.717) is 40.6 Å². The molecule has 0 aromatic carbocycles. The molecule has 0 aromatic rings. The number of fused-ring (bicyclic) bond motifs is 2. The highest BCUT2D eigenvalue weighted by molar-refractivity contribution is 9.09. The van der Waals surface area contributed by atoms with Crippen molar-refractivity contribution in [1.82, 2.24) is 26.0 Å². The quantitative estimate of drug-likeness (QED) is 0.228. The Morgan fingerprint density at radius 3 is 2.54 bits per heavy atom. The number of aliphatic hydroxyl groups excluding tert-OH is 1. The molecular weight excluding hydrogens is 585 g/mol. The number of rotatable bonds is 8. The van der Waals surface area contributed by atoms with Crippen LogP contribution >= 0.6 is 15.9 Å². The van der Waals surface area contributed by atoms with Gasteiger partial charge in [-0.3, -0.25) is 20.9 Å². The van der Waals surface area contributed by atoms with Crippen molar-refractivity contribution in [3.05, 3.63) is 0 Å². The van der Waals surface area contributed by atoms with Gasteiger partial charge >= 0.3 is 0 Å². The number of carbonyl (C=O) groups excluding carboxylic acids is 1. The lowest BCUT2D eigenvalue weighted by atomic mass is 9.68. The zero-order valence-electron chi connectivity index (χ0n) is 25.5. The van der Waals surface area contributed by atoms with Gasteiger partial charge in [-0.25, -0.2) is 9.40 Å². The number of hydrogen-bond donors (Lipinski definition) is 4. The fraction of sp³-hybridized carbons (Fsp3) is 0.969. The van der Waals surface area contributed by atoms with Crippen molar-refractivity contribution < 1.29 is 14.3 Å². The Kier molecular flexibility index (Phi) is 9.70. The van der Waals surface area contributed by atoms with E-state index in [2.05, 4.69) is 55.7 Å². The summed E-state index contributed by atoms with van der Waals surface area (Å²) in [6.45, 7) is 6.85. The minimum atomic E-state index is -1.07. The first-order valence-electron chi connectivity index (χ1n) is 17.1. The van der Waals surface area contributed by atoms with Crippen LogP contribution in [0.5, 0.6) is 0 Å². The van der Waals surface area contributed by atoms with Gasteiger partial charge in [0.15, 0.2) is 0 Å². The standard InChI is InChI=1S/C32H55BrFN5O2/c1-4-7-24-30-25(5-2)38(32(41)21-11-12-23(33)22-17-29(35-18(3)34)36-31(21)22)15-14-27(30)39(37-24)26-13-10-20(16-28(26)40)19-8-6-9-19/h18-31,35-37,40H,4-17H2,1-3H3. The minimum Gasteiger partial charge on any atom is -0.391 e. The third-order valence-electron chi connectivity index (χ3n) is 12.2. The van der Waals surface area contributed by atoms with Crippen LogP contribution in [0, 0.1) is 29.6 Å². The number of nitrogens with zero attached hydrogens (tertiary/aromatic N) is 2. The second-order valence-corrected chi connectivity index (χ2v) is 15.6. The highest BCUT2D eigenvalue weighted by Crippen LogP contribution is 2.46. The van der Waals surface area contributed by atoms with Crippen LogP contribution in [-0.2, 0) is 4.79 Å². The molecule has 9 heteroatoms. The van der Waals surface area contributed by atoms with Crippen LogP contribution in [0.1, 0.15) is 104 Å². The fourth-order valence-electron chi connectivity index (χ4n) is 10.1. The minimum absolute atomic E-state index is 0.0557. The number of hydrazine groups is 1. The van der Waals surface area contributed by atoms with Gasteiger partial charge < -0.3 is 10.0 Å². The Balaban J connectivity index is 1.17. The molecule has 6 rings (SSSR count). The number of likely N-dealkylation sites (tertiary alicyclic amines) is 1. The van der Waals surface area contributed by atoms with Gasteiger partial charge in [-0.2, -0.15) is 0 Å². The molecule has 0 radical (unpaired) electrons. The zero-order valence-corrected chi connectivity index (χ0v) is 27.1. The van der Waals surface area contributed by atoms with E-state index in [1.54, 1.807) is 6.92 Å². The van der Waals surface area contributed by atoms with E-state index in [1.165, 1.54) is 25.7 Å². The molecule has 7 nitrogen and oxygen atoms in total. The molecule has 0 bridgehead atoms. The number of alkyl halides is 2. The summed E-state index contributed by atoms with van der Waals surface area (Å²) in [6.07, 6.45) is 12.8. The van der Waals surface area contributed by atoms with Gasteiger partial charge in [0.2, 0.25) is 5.91 Å². The third-order valence-corrected chi connectivity index (χ3v) is 13.3. The largest absolute Gasteiger partial charge is 0.391 e. The summed E-state index contributed by atoms with van der Waals surface area (Å²) < 4.78 is 13.8. The zero-order chi connectivity index (χ0) is 28.8. The van der Waals surface area contributed by atoms with Crippen molar-refractivity contribution in [3.63, 3.8) is 0 Å². The number of aliphatic hydroxyl groups is 1. The number of carbonyl (C=O) groups is 1. The van der Waals surface area contributed by atoms with Gasteiger partial charge in [0, 0.05) is 41.5 Å². The van der Waals surface area contributed by atoms with Crippen LogP contribution in [0.25, 0.3) is 0 Å². The number of nitrogens with one attached hydrogen (secondary N) is 3. The maximum absolute atomic E-state index is 14.4. The second kappa shape index (κ2) is 13.0. The molecular formula is C32H55BrFN5O2. The Hall–Kier alpha value is -0.320. The molecule has 13 atom stereocenters. The average Bonchev–Trinajstić information content (AvgIpc) is 3.49. The van der Waals surface area contributed by atoms with Crippen LogP contribution in [0.15, 0.2) is 0 Å². The predicted octanol–water partition coefficient (Wildman–Crippen LogP) is 4.68. The van der Waals surface area contributed by atoms with Crippen molar-refractivity contribution in [3.8, 4) is 0 Å². The summed E-state index contributed by atoms with van der Waals surface area (Å²) in [5.41, 5.74) is 3.95. The van der Waals surface area contributed by atoms with Crippen LogP contribution < -0.4 is 16.1 Å². The van der Waals surface area contributed by atoms with E-state index in [9.17, 15) is 14.3 Å². The number of hydrogen-bond acceptors (Lipinski definition) is 6. The van der Waals surface area contributed by atoms with E-state index in [0.717, 1.165) is 70.3 Å². The summed E-state index contributed by atoms with van der Waals surface area (Å²) in [5, 5.41) is 20.6. The molecule has 3 saturated heterocycles. The molecule has 3 aliphatic carbocycles. The Bertz CT molecular complexity index is 909. The molecule has 6 fully saturated rings. The SMILES string of the molecule is CCCC1NN(C2CCC(C3CCC3)CC2O)C2CCN(C(=O)C3CCC(Br)C4CC(NC(C)F)NC34)C(CC)C12. The van der Waals surface area contributed by atoms with E-state index in [4.69, 9.17) is 0 Å². The first-order valence-corrected chi connectivity index (χ1v) is 18.0. The molecule has 41 heavy (non-hydrogen) atoms. The molecule has 234 valence electrons. The van der Waals surface area contributed by atoms with Crippen molar-refractivity contribution >= 4 is 21.8 Å². The summed E-state index contributed by atoms with van der Waals surface area (Å²) in [6, 6.07) is 1.19. The van der Waals surface area contributed by atoms with Gasteiger partial charge in [0.25, 0.3) is 0 Å². The molecule has 3 heterocycles. The molecule has 0 spiro atoms. The summed E-state index contributed by atoms with van der Waals surface area (Å²) in [4.78, 5) is 17.1. The van der Waals surface area contributed by atoms with Crippen LogP contribution in [0.3, 0.4) is 0 Å². The lowest BCUT2D eigenvalue weighted by Crippen LogP contribution is -2.61. The lowest BCUT2D eigenvalue weighted by Gasteiger charge is -2.49. The van der Waals surface area contributed by atoms with Gasteiger partial charge in [-0.05, 0) is 82.5 Å². The molecule has 0 aromatic heterocycles. The molecule has 6 aliphatic rings. The van der Waals surface area contributed by atoms with E-state index in [-0.39, 0.29) is 36.3 Å². The monoisotopic (exact) mass is 639 g/mol. The van der Waals surface area contributed by atoms with E-state index < -0.39 is 6.30 Å². The van der Waals surface area contributed by atoms with Gasteiger partial charge in [0.1, 0.15) is 6.30 Å². The molecule has 3 aliphatic heterocycles. The second-order valence-electron chi connectivity index (χ2n) is 14.4.